The first-order valence-corrected chi connectivity index (χ1v) is 10.7. The number of imidazole rings is 1. The lowest BCUT2D eigenvalue weighted by molar-refractivity contribution is -0.124. The van der Waals surface area contributed by atoms with Crippen molar-refractivity contribution in [3.63, 3.8) is 0 Å². The van der Waals surface area contributed by atoms with Crippen LogP contribution in [0.5, 0.6) is 5.75 Å². The molecule has 0 saturated carbocycles. The molecule has 1 N–H and O–H groups in total. The maximum atomic E-state index is 12.0. The molecule has 0 fully saturated rings. The minimum absolute atomic E-state index is 0.000865. The molecule has 0 spiro atoms. The smallest absolute Gasteiger partial charge is 0.222 e. The highest BCUT2D eigenvalue weighted by atomic mass is 16.5. The van der Waals surface area contributed by atoms with E-state index < -0.39 is 0 Å². The number of pyridine rings is 2. The van der Waals surface area contributed by atoms with Gasteiger partial charge >= 0.3 is 0 Å². The van der Waals surface area contributed by atoms with Gasteiger partial charge in [0.25, 0.3) is 0 Å². The molecule has 1 aromatic carbocycles. The third-order valence-corrected chi connectivity index (χ3v) is 5.40. The Bertz CT molecular complexity index is 1250. The second kappa shape index (κ2) is 9.18. The van der Waals surface area contributed by atoms with Crippen LogP contribution in [-0.2, 0) is 17.9 Å². The summed E-state index contributed by atoms with van der Waals surface area (Å²) >= 11 is 0. The Kier molecular flexibility index (Phi) is 6.16. The molecule has 32 heavy (non-hydrogen) atoms. The molecule has 0 atom stereocenters. The molecule has 164 valence electrons. The normalized spacial score (nSPS) is 11.2. The Morgan fingerprint density at radius 2 is 2.03 bits per heavy atom. The predicted molar refractivity (Wildman–Crippen MR) is 124 cm³/mol. The number of aryl methyl sites for hydroxylation is 2. The zero-order valence-corrected chi connectivity index (χ0v) is 18.8. The van der Waals surface area contributed by atoms with Crippen LogP contribution in [-0.4, -0.2) is 25.4 Å². The first-order chi connectivity index (χ1) is 15.4. The van der Waals surface area contributed by atoms with Crippen LogP contribution < -0.4 is 10.1 Å². The number of ether oxygens (including phenoxy) is 1. The molecule has 4 aromatic rings. The van der Waals surface area contributed by atoms with Crippen LogP contribution >= 0.6 is 0 Å². The number of fused-ring (bicyclic) bond motifs is 1. The quantitative estimate of drug-likeness (QED) is 0.474. The summed E-state index contributed by atoms with van der Waals surface area (Å²) < 4.78 is 8.24. The third-order valence-electron chi connectivity index (χ3n) is 5.40. The summed E-state index contributed by atoms with van der Waals surface area (Å²) in [7, 11) is 0. The van der Waals surface area contributed by atoms with Gasteiger partial charge < -0.3 is 14.6 Å². The summed E-state index contributed by atoms with van der Waals surface area (Å²) in [6.07, 6.45) is 7.21. The fourth-order valence-electron chi connectivity index (χ4n) is 3.58. The maximum absolute atomic E-state index is 12.0. The van der Waals surface area contributed by atoms with E-state index in [1.165, 1.54) is 0 Å². The molecule has 0 aliphatic rings. The van der Waals surface area contributed by atoms with Crippen molar-refractivity contribution in [1.29, 1.82) is 0 Å². The van der Waals surface area contributed by atoms with Crippen molar-refractivity contribution in [2.75, 3.05) is 0 Å². The van der Waals surface area contributed by atoms with Crippen LogP contribution in [0.2, 0.25) is 0 Å². The third kappa shape index (κ3) is 4.46. The van der Waals surface area contributed by atoms with E-state index in [4.69, 9.17) is 9.72 Å². The topological polar surface area (TPSA) is 81.9 Å². The number of nitrogens with zero attached hydrogens (tertiary/aromatic N) is 4. The summed E-state index contributed by atoms with van der Waals surface area (Å²) in [6.45, 7) is 8.44. The van der Waals surface area contributed by atoms with Crippen LogP contribution in [0.3, 0.4) is 0 Å². The summed E-state index contributed by atoms with van der Waals surface area (Å²) in [5, 5.41) is 3.93. The Balaban J connectivity index is 1.64. The molecule has 3 aromatic heterocycles. The SMILES string of the molecule is Cc1cc(-n2ccnc2)c2cccc(OCc3c(C)ccnc3CNC(=O)C(C)C)c2n1. The molecular weight excluding hydrogens is 402 g/mol. The zero-order valence-electron chi connectivity index (χ0n) is 18.8. The van der Waals surface area contributed by atoms with Crippen molar-refractivity contribution in [3.05, 3.63) is 77.8 Å². The average molecular weight is 430 g/mol. The Labute approximate surface area is 187 Å². The van der Waals surface area contributed by atoms with E-state index in [9.17, 15) is 4.79 Å². The van der Waals surface area contributed by atoms with Gasteiger partial charge in [-0.1, -0.05) is 26.0 Å². The number of carbonyl (C=O) groups is 1. The van der Waals surface area contributed by atoms with Crippen LogP contribution in [0.1, 0.15) is 36.4 Å². The molecule has 3 heterocycles. The molecule has 0 aliphatic heterocycles. The largest absolute Gasteiger partial charge is 0.487 e. The van der Waals surface area contributed by atoms with Crippen LogP contribution in [0.15, 0.2) is 55.2 Å². The second-order valence-electron chi connectivity index (χ2n) is 8.12. The lowest BCUT2D eigenvalue weighted by Gasteiger charge is -2.16. The van der Waals surface area contributed by atoms with Crippen molar-refractivity contribution >= 4 is 16.8 Å². The number of nitrogens with one attached hydrogen (secondary N) is 1. The highest BCUT2D eigenvalue weighted by molar-refractivity contribution is 5.91. The predicted octanol–water partition coefficient (Wildman–Crippen LogP) is 4.28. The van der Waals surface area contributed by atoms with Crippen molar-refractivity contribution in [2.45, 2.75) is 40.8 Å². The van der Waals surface area contributed by atoms with Gasteiger partial charge in [0, 0.05) is 41.2 Å². The molecule has 0 saturated heterocycles. The summed E-state index contributed by atoms with van der Waals surface area (Å²) in [6, 6.07) is 9.92. The van der Waals surface area contributed by atoms with E-state index in [0.717, 1.165) is 39.1 Å². The molecule has 0 radical (unpaired) electrons. The highest BCUT2D eigenvalue weighted by Gasteiger charge is 2.14. The highest BCUT2D eigenvalue weighted by Crippen LogP contribution is 2.30. The minimum Gasteiger partial charge on any atom is -0.487 e. The fourth-order valence-corrected chi connectivity index (χ4v) is 3.58. The number of para-hydroxylation sites is 1. The molecule has 0 bridgehead atoms. The Morgan fingerprint density at radius 1 is 1.19 bits per heavy atom. The standard InChI is InChI=1S/C25H27N5O2/c1-16(2)25(31)28-13-21-20(17(3)8-9-27-21)14-32-23-7-5-6-19-22(30-11-10-26-15-30)12-18(4)29-24(19)23/h5-12,15-16H,13-14H2,1-4H3,(H,28,31). The summed E-state index contributed by atoms with van der Waals surface area (Å²) in [4.78, 5) is 25.4. The van der Waals surface area contributed by atoms with Gasteiger partial charge in [0.2, 0.25) is 5.91 Å². The van der Waals surface area contributed by atoms with Crippen molar-refractivity contribution in [2.24, 2.45) is 5.92 Å². The zero-order chi connectivity index (χ0) is 22.7. The number of hydrogen-bond acceptors (Lipinski definition) is 5. The van der Waals surface area contributed by atoms with Gasteiger partial charge in [-0.2, -0.15) is 0 Å². The van der Waals surface area contributed by atoms with Crippen molar-refractivity contribution in [1.82, 2.24) is 24.8 Å². The number of amides is 1. The van der Waals surface area contributed by atoms with E-state index >= 15 is 0 Å². The van der Waals surface area contributed by atoms with Crippen LogP contribution in [0, 0.1) is 19.8 Å². The number of carbonyl (C=O) groups excluding carboxylic acids is 1. The summed E-state index contributed by atoms with van der Waals surface area (Å²) in [5.74, 6) is 0.628. The molecule has 7 nitrogen and oxygen atoms in total. The number of benzene rings is 1. The van der Waals surface area contributed by atoms with Gasteiger partial charge in [-0.3, -0.25) is 9.78 Å². The van der Waals surface area contributed by atoms with Gasteiger partial charge in [-0.25, -0.2) is 9.97 Å². The van der Waals surface area contributed by atoms with Gasteiger partial charge in [-0.05, 0) is 37.6 Å². The molecule has 0 unspecified atom stereocenters. The lowest BCUT2D eigenvalue weighted by Crippen LogP contribution is -2.28. The Hall–Kier alpha value is -3.74. The molecule has 0 aliphatic carbocycles. The number of hydrogen-bond donors (Lipinski definition) is 1. The first kappa shape index (κ1) is 21.5. The van der Waals surface area contributed by atoms with E-state index in [1.54, 1.807) is 18.7 Å². The van der Waals surface area contributed by atoms with Crippen molar-refractivity contribution < 1.29 is 9.53 Å². The van der Waals surface area contributed by atoms with Crippen LogP contribution in [0.4, 0.5) is 0 Å². The van der Waals surface area contributed by atoms with Gasteiger partial charge in [0.1, 0.15) is 17.9 Å². The molecule has 7 heteroatoms. The lowest BCUT2D eigenvalue weighted by atomic mass is 10.1. The number of rotatable bonds is 7. The monoisotopic (exact) mass is 429 g/mol. The van der Waals surface area contributed by atoms with E-state index in [2.05, 4.69) is 15.3 Å². The van der Waals surface area contributed by atoms with Gasteiger partial charge in [0.15, 0.2) is 0 Å². The van der Waals surface area contributed by atoms with E-state index in [0.29, 0.717) is 18.9 Å². The van der Waals surface area contributed by atoms with E-state index in [1.807, 2.05) is 68.8 Å². The second-order valence-corrected chi connectivity index (χ2v) is 8.12. The van der Waals surface area contributed by atoms with Gasteiger partial charge in [0.05, 0.1) is 24.3 Å². The molecule has 4 rings (SSSR count). The minimum atomic E-state index is -0.0748. The van der Waals surface area contributed by atoms with Crippen LogP contribution in [0.25, 0.3) is 16.6 Å². The fraction of sp³-hybridized carbons (Fsp3) is 0.280. The summed E-state index contributed by atoms with van der Waals surface area (Å²) in [5.41, 5.74) is 5.54. The van der Waals surface area contributed by atoms with Crippen molar-refractivity contribution in [3.8, 4) is 11.4 Å². The average Bonchev–Trinajstić information content (AvgIpc) is 3.31. The van der Waals surface area contributed by atoms with E-state index in [-0.39, 0.29) is 11.8 Å². The van der Waals surface area contributed by atoms with Gasteiger partial charge in [-0.15, -0.1) is 0 Å². The first-order valence-electron chi connectivity index (χ1n) is 10.7. The Morgan fingerprint density at radius 3 is 2.78 bits per heavy atom. The molecule has 1 amide bonds. The number of aromatic nitrogens is 4. The molecular formula is C25H27N5O2. The maximum Gasteiger partial charge on any atom is 0.222 e.